The van der Waals surface area contributed by atoms with Crippen LogP contribution in [-0.4, -0.2) is 55.4 Å². The van der Waals surface area contributed by atoms with Gasteiger partial charge in [-0.1, -0.05) is 18.0 Å². The molecule has 33 heavy (non-hydrogen) atoms. The molecule has 8 heteroatoms. The molecule has 0 aromatic heterocycles. The van der Waals surface area contributed by atoms with Gasteiger partial charge in [0.15, 0.2) is 0 Å². The lowest BCUT2D eigenvalue weighted by atomic mass is 10.0. The summed E-state index contributed by atoms with van der Waals surface area (Å²) in [5.41, 5.74) is 2.40. The number of carbonyl (C=O) groups is 1. The minimum absolute atomic E-state index is 0.0819. The van der Waals surface area contributed by atoms with Gasteiger partial charge in [-0.2, -0.15) is 5.10 Å². The first-order chi connectivity index (χ1) is 16.0. The van der Waals surface area contributed by atoms with E-state index < -0.39 is 0 Å². The van der Waals surface area contributed by atoms with Gasteiger partial charge in [-0.25, -0.2) is 4.79 Å². The van der Waals surface area contributed by atoms with Gasteiger partial charge in [0.2, 0.25) is 0 Å². The molecule has 0 saturated carbocycles. The molecule has 2 aromatic rings. The van der Waals surface area contributed by atoms with E-state index in [4.69, 9.17) is 16.3 Å². The number of likely N-dealkylation sites (tertiary alicyclic amines) is 1. The van der Waals surface area contributed by atoms with Gasteiger partial charge in [-0.05, 0) is 75.3 Å². The number of urea groups is 1. The lowest BCUT2D eigenvalue weighted by molar-refractivity contribution is 0.152. The van der Waals surface area contributed by atoms with E-state index in [1.807, 2.05) is 36.5 Å². The van der Waals surface area contributed by atoms with Crippen molar-refractivity contribution in [3.05, 3.63) is 53.1 Å². The molecule has 2 amide bonds. The highest BCUT2D eigenvalue weighted by Crippen LogP contribution is 2.35. The molecule has 1 unspecified atom stereocenters. The lowest BCUT2D eigenvalue weighted by Crippen LogP contribution is -2.37. The SMILES string of the molecule is CN1N=CCC1c1cc(NC(=O)Nc2ccc(Cl)cc2)ccc1OCC[C@H]1CCCCN1C. The summed E-state index contributed by atoms with van der Waals surface area (Å²) in [5.74, 6) is 0.847. The maximum Gasteiger partial charge on any atom is 0.323 e. The highest BCUT2D eigenvalue weighted by molar-refractivity contribution is 6.30. The Bertz CT molecular complexity index is 981. The second-order valence-electron chi connectivity index (χ2n) is 8.73. The van der Waals surface area contributed by atoms with Gasteiger partial charge in [-0.15, -0.1) is 0 Å². The molecule has 0 bridgehead atoms. The highest BCUT2D eigenvalue weighted by atomic mass is 35.5. The predicted molar refractivity (Wildman–Crippen MR) is 135 cm³/mol. The summed E-state index contributed by atoms with van der Waals surface area (Å²) < 4.78 is 6.27. The molecule has 176 valence electrons. The Morgan fingerprint density at radius 1 is 1.12 bits per heavy atom. The van der Waals surface area contributed by atoms with Gasteiger partial charge >= 0.3 is 6.03 Å². The largest absolute Gasteiger partial charge is 0.493 e. The molecule has 7 nitrogen and oxygen atoms in total. The molecule has 2 N–H and O–H groups in total. The summed E-state index contributed by atoms with van der Waals surface area (Å²) >= 11 is 5.91. The van der Waals surface area contributed by atoms with Crippen molar-refractivity contribution in [2.24, 2.45) is 5.10 Å². The van der Waals surface area contributed by atoms with Gasteiger partial charge in [0.1, 0.15) is 5.75 Å². The van der Waals surface area contributed by atoms with Crippen LogP contribution in [0.3, 0.4) is 0 Å². The molecule has 2 aromatic carbocycles. The van der Waals surface area contributed by atoms with Crippen LogP contribution in [0.15, 0.2) is 47.6 Å². The molecule has 1 fully saturated rings. The van der Waals surface area contributed by atoms with E-state index in [1.165, 1.54) is 25.8 Å². The zero-order chi connectivity index (χ0) is 23.2. The van der Waals surface area contributed by atoms with E-state index in [1.54, 1.807) is 24.3 Å². The topological polar surface area (TPSA) is 69.2 Å². The van der Waals surface area contributed by atoms with Crippen molar-refractivity contribution in [1.82, 2.24) is 9.91 Å². The number of hydrogen-bond donors (Lipinski definition) is 2. The smallest absolute Gasteiger partial charge is 0.323 e. The number of ether oxygens (including phenoxy) is 1. The molecule has 0 spiro atoms. The number of hydrogen-bond acceptors (Lipinski definition) is 5. The van der Waals surface area contributed by atoms with Crippen molar-refractivity contribution < 1.29 is 9.53 Å². The summed E-state index contributed by atoms with van der Waals surface area (Å²) in [6.45, 7) is 1.84. The highest BCUT2D eigenvalue weighted by Gasteiger charge is 2.24. The van der Waals surface area contributed by atoms with E-state index in [-0.39, 0.29) is 12.1 Å². The summed E-state index contributed by atoms with van der Waals surface area (Å²) in [7, 11) is 4.16. The minimum Gasteiger partial charge on any atom is -0.493 e. The number of piperidine rings is 1. The fourth-order valence-corrected chi connectivity index (χ4v) is 4.62. The van der Waals surface area contributed by atoms with E-state index in [9.17, 15) is 4.79 Å². The first kappa shape index (κ1) is 23.4. The van der Waals surface area contributed by atoms with Gasteiger partial charge < -0.3 is 20.3 Å². The third-order valence-corrected chi connectivity index (χ3v) is 6.65. The molecular weight excluding hydrogens is 438 g/mol. The van der Waals surface area contributed by atoms with Gasteiger partial charge in [-0.3, -0.25) is 5.01 Å². The molecule has 2 aliphatic rings. The zero-order valence-corrected chi connectivity index (χ0v) is 20.0. The monoisotopic (exact) mass is 469 g/mol. The lowest BCUT2D eigenvalue weighted by Gasteiger charge is -2.32. The number of amides is 2. The molecule has 2 aliphatic heterocycles. The average Bonchev–Trinajstić information content (AvgIpc) is 3.23. The Labute approximate surface area is 200 Å². The molecular formula is C25H32ClN5O2. The van der Waals surface area contributed by atoms with Crippen LogP contribution >= 0.6 is 11.6 Å². The van der Waals surface area contributed by atoms with Crippen molar-refractivity contribution in [1.29, 1.82) is 0 Å². The average molecular weight is 470 g/mol. The van der Waals surface area contributed by atoms with Crippen molar-refractivity contribution in [2.45, 2.75) is 44.2 Å². The van der Waals surface area contributed by atoms with E-state index in [2.05, 4.69) is 27.7 Å². The first-order valence-corrected chi connectivity index (χ1v) is 11.9. The zero-order valence-electron chi connectivity index (χ0n) is 19.3. The Kier molecular flexibility index (Phi) is 7.73. The first-order valence-electron chi connectivity index (χ1n) is 11.6. The third kappa shape index (κ3) is 6.18. The van der Waals surface area contributed by atoms with Crippen LogP contribution in [0.25, 0.3) is 0 Å². The quantitative estimate of drug-likeness (QED) is 0.553. The number of carbonyl (C=O) groups excluding carboxylic acids is 1. The number of nitrogens with zero attached hydrogens (tertiary/aromatic N) is 3. The van der Waals surface area contributed by atoms with E-state index in [0.29, 0.717) is 29.0 Å². The van der Waals surface area contributed by atoms with Crippen LogP contribution in [0.4, 0.5) is 16.2 Å². The number of anilines is 2. The maximum absolute atomic E-state index is 12.5. The molecule has 2 heterocycles. The number of rotatable bonds is 7. The number of nitrogens with one attached hydrogen (secondary N) is 2. The van der Waals surface area contributed by atoms with Gasteiger partial charge in [0.25, 0.3) is 0 Å². The summed E-state index contributed by atoms with van der Waals surface area (Å²) in [6, 6.07) is 13.2. The van der Waals surface area contributed by atoms with Crippen molar-refractivity contribution in [3.63, 3.8) is 0 Å². The molecule has 4 rings (SSSR count). The Morgan fingerprint density at radius 2 is 1.88 bits per heavy atom. The van der Waals surface area contributed by atoms with Crippen LogP contribution in [-0.2, 0) is 0 Å². The van der Waals surface area contributed by atoms with Crippen LogP contribution in [0, 0.1) is 0 Å². The van der Waals surface area contributed by atoms with Crippen LogP contribution in [0.5, 0.6) is 5.75 Å². The Morgan fingerprint density at radius 3 is 2.61 bits per heavy atom. The summed E-state index contributed by atoms with van der Waals surface area (Å²) in [4.78, 5) is 14.9. The van der Waals surface area contributed by atoms with Crippen LogP contribution in [0.2, 0.25) is 5.02 Å². The fourth-order valence-electron chi connectivity index (χ4n) is 4.50. The number of halogens is 1. The van der Waals surface area contributed by atoms with Gasteiger partial charge in [0.05, 0.1) is 12.6 Å². The predicted octanol–water partition coefficient (Wildman–Crippen LogP) is 5.60. The van der Waals surface area contributed by atoms with E-state index in [0.717, 1.165) is 24.2 Å². The summed E-state index contributed by atoms with van der Waals surface area (Å²) in [6.07, 6.45) is 7.54. The molecule has 2 atom stereocenters. The van der Waals surface area contributed by atoms with Crippen molar-refractivity contribution in [2.75, 3.05) is 37.9 Å². The fraction of sp³-hybridized carbons (Fsp3) is 0.440. The standard InChI is InChI=1S/C25H32ClN5O2/c1-30-15-4-3-5-21(30)13-16-33-24-11-10-20(17-22(24)23-12-14-27-31(23)2)29-25(32)28-19-8-6-18(26)7-9-19/h6-11,14,17,21,23H,3-5,12-13,15-16H2,1-2H3,(H2,28,29,32)/t21-,23?/m1/s1. The molecule has 1 saturated heterocycles. The van der Waals surface area contributed by atoms with E-state index >= 15 is 0 Å². The molecule has 0 aliphatic carbocycles. The number of hydrazone groups is 1. The third-order valence-electron chi connectivity index (χ3n) is 6.40. The minimum atomic E-state index is -0.312. The van der Waals surface area contributed by atoms with Crippen LogP contribution in [0.1, 0.15) is 43.7 Å². The summed E-state index contributed by atoms with van der Waals surface area (Å²) in [5, 5.41) is 12.7. The second-order valence-corrected chi connectivity index (χ2v) is 9.17. The van der Waals surface area contributed by atoms with Crippen LogP contribution < -0.4 is 15.4 Å². The maximum atomic E-state index is 12.5. The second kappa shape index (κ2) is 10.9. The Balaban J connectivity index is 1.43. The van der Waals surface area contributed by atoms with Crippen molar-refractivity contribution >= 4 is 35.2 Å². The normalized spacial score (nSPS) is 20.6. The Hall–Kier alpha value is -2.77. The van der Waals surface area contributed by atoms with Crippen molar-refractivity contribution in [3.8, 4) is 5.75 Å². The number of benzene rings is 2. The molecule has 0 radical (unpaired) electrons. The van der Waals surface area contributed by atoms with Gasteiger partial charge in [0, 0.05) is 47.7 Å².